The highest BCUT2D eigenvalue weighted by Crippen LogP contribution is 2.04. The van der Waals surface area contributed by atoms with Gasteiger partial charge in [-0.15, -0.1) is 11.3 Å². The van der Waals surface area contributed by atoms with E-state index in [1.54, 1.807) is 18.5 Å². The van der Waals surface area contributed by atoms with Gasteiger partial charge in [0, 0.05) is 11.6 Å². The molecule has 7 heteroatoms. The zero-order valence-corrected chi connectivity index (χ0v) is 8.82. The molecule has 0 amide bonds. The fraction of sp³-hybridized carbons (Fsp3) is 0.333. The molecule has 0 saturated heterocycles. The minimum absolute atomic E-state index is 0.556. The summed E-state index contributed by atoms with van der Waals surface area (Å²) in [4.78, 5) is 6.01. The molecular formula is C6H9N3O2S2. The van der Waals surface area contributed by atoms with Crippen molar-refractivity contribution in [3.63, 3.8) is 0 Å². The Morgan fingerprint density at radius 3 is 2.85 bits per heavy atom. The summed E-state index contributed by atoms with van der Waals surface area (Å²) < 4.78 is 21.3. The Morgan fingerprint density at radius 1 is 1.69 bits per heavy atom. The molecule has 1 heterocycles. The number of hydrogen-bond acceptors (Lipinski definition) is 5. The summed E-state index contributed by atoms with van der Waals surface area (Å²) in [5, 5.41) is 6.17. The lowest BCUT2D eigenvalue weighted by Gasteiger charge is -1.96. The number of thiazole rings is 1. The average Bonchev–Trinajstić information content (AvgIpc) is 2.50. The summed E-state index contributed by atoms with van der Waals surface area (Å²) in [6, 6.07) is 0. The molecule has 0 aliphatic heterocycles. The monoisotopic (exact) mass is 219 g/mol. The lowest BCUT2D eigenvalue weighted by Crippen LogP contribution is -2.17. The second kappa shape index (κ2) is 3.84. The fourth-order valence-corrected chi connectivity index (χ4v) is 1.49. The van der Waals surface area contributed by atoms with Crippen LogP contribution in [0.5, 0.6) is 0 Å². The van der Waals surface area contributed by atoms with Crippen molar-refractivity contribution in [1.82, 2.24) is 9.82 Å². The van der Waals surface area contributed by atoms with Gasteiger partial charge < -0.3 is 0 Å². The van der Waals surface area contributed by atoms with Gasteiger partial charge in [0.05, 0.1) is 12.0 Å². The van der Waals surface area contributed by atoms with Crippen LogP contribution in [-0.2, 0) is 10.0 Å². The number of rotatable bonds is 3. The number of aromatic nitrogens is 1. The third-order valence-electron chi connectivity index (χ3n) is 1.12. The standard InChI is InChI=1S/C6H9N3O2S2/c1-5(6-7-3-4-12-6)8-9-13(2,10)11/h3-4,9H,1-2H3/b8-5-. The number of hydrogen-bond donors (Lipinski definition) is 1. The van der Waals surface area contributed by atoms with Crippen molar-refractivity contribution >= 4 is 27.1 Å². The van der Waals surface area contributed by atoms with Gasteiger partial charge >= 0.3 is 0 Å². The summed E-state index contributed by atoms with van der Waals surface area (Å²) in [5.74, 6) is 0. The maximum absolute atomic E-state index is 10.7. The van der Waals surface area contributed by atoms with E-state index < -0.39 is 10.0 Å². The van der Waals surface area contributed by atoms with Crippen LogP contribution in [0, 0.1) is 0 Å². The molecule has 0 spiro atoms. The van der Waals surface area contributed by atoms with Crippen molar-refractivity contribution in [2.24, 2.45) is 5.10 Å². The van der Waals surface area contributed by atoms with E-state index in [0.29, 0.717) is 10.7 Å². The largest absolute Gasteiger partial charge is 0.244 e. The first-order valence-corrected chi connectivity index (χ1v) is 6.17. The Kier molecular flexibility index (Phi) is 2.99. The highest BCUT2D eigenvalue weighted by molar-refractivity contribution is 7.88. The van der Waals surface area contributed by atoms with Crippen LogP contribution in [-0.4, -0.2) is 25.4 Å². The zero-order chi connectivity index (χ0) is 9.90. The number of nitrogens with one attached hydrogen (secondary N) is 1. The van der Waals surface area contributed by atoms with E-state index >= 15 is 0 Å². The molecule has 5 nitrogen and oxygen atoms in total. The molecule has 1 rings (SSSR count). The Morgan fingerprint density at radius 2 is 2.38 bits per heavy atom. The third kappa shape index (κ3) is 3.51. The fourth-order valence-electron chi connectivity index (χ4n) is 0.601. The van der Waals surface area contributed by atoms with E-state index in [-0.39, 0.29) is 0 Å². The van der Waals surface area contributed by atoms with Crippen molar-refractivity contribution in [2.45, 2.75) is 6.92 Å². The Balaban J connectivity index is 2.74. The van der Waals surface area contributed by atoms with Gasteiger partial charge in [0.25, 0.3) is 0 Å². The van der Waals surface area contributed by atoms with Crippen molar-refractivity contribution in [2.75, 3.05) is 6.26 Å². The second-order valence-corrected chi connectivity index (χ2v) is 5.02. The van der Waals surface area contributed by atoms with Gasteiger partial charge in [0.15, 0.2) is 0 Å². The molecular weight excluding hydrogens is 210 g/mol. The molecule has 0 aliphatic carbocycles. The zero-order valence-electron chi connectivity index (χ0n) is 7.18. The molecule has 1 N–H and O–H groups in total. The predicted molar refractivity (Wildman–Crippen MR) is 52.3 cm³/mol. The highest BCUT2D eigenvalue weighted by Gasteiger charge is 2.01. The molecule has 0 aliphatic rings. The van der Waals surface area contributed by atoms with Gasteiger partial charge in [0.2, 0.25) is 10.0 Å². The normalized spacial score (nSPS) is 12.9. The Hall–Kier alpha value is -0.950. The van der Waals surface area contributed by atoms with Gasteiger partial charge in [-0.05, 0) is 6.92 Å². The van der Waals surface area contributed by atoms with E-state index in [2.05, 4.69) is 10.1 Å². The molecule has 0 bridgehead atoms. The van der Waals surface area contributed by atoms with Gasteiger partial charge in [-0.2, -0.15) is 5.10 Å². The summed E-state index contributed by atoms with van der Waals surface area (Å²) >= 11 is 1.40. The molecule has 0 saturated carbocycles. The van der Waals surface area contributed by atoms with Crippen LogP contribution in [0.1, 0.15) is 11.9 Å². The number of nitrogens with zero attached hydrogens (tertiary/aromatic N) is 2. The number of sulfonamides is 1. The average molecular weight is 219 g/mol. The third-order valence-corrected chi connectivity index (χ3v) is 2.43. The van der Waals surface area contributed by atoms with Crippen molar-refractivity contribution in [3.05, 3.63) is 16.6 Å². The van der Waals surface area contributed by atoms with Gasteiger partial charge in [0.1, 0.15) is 5.01 Å². The van der Waals surface area contributed by atoms with Crippen molar-refractivity contribution < 1.29 is 8.42 Å². The molecule has 72 valence electrons. The Labute approximate surface area is 80.6 Å². The maximum Gasteiger partial charge on any atom is 0.244 e. The lowest BCUT2D eigenvalue weighted by molar-refractivity contribution is 0.590. The number of hydrazone groups is 1. The van der Waals surface area contributed by atoms with Crippen LogP contribution in [0.3, 0.4) is 0 Å². The van der Waals surface area contributed by atoms with Crippen LogP contribution in [0.15, 0.2) is 16.7 Å². The van der Waals surface area contributed by atoms with E-state index in [9.17, 15) is 8.42 Å². The van der Waals surface area contributed by atoms with Crippen molar-refractivity contribution in [1.29, 1.82) is 0 Å². The van der Waals surface area contributed by atoms with Gasteiger partial charge in [-0.3, -0.25) is 0 Å². The molecule has 1 aromatic heterocycles. The van der Waals surface area contributed by atoms with Gasteiger partial charge in [-0.1, -0.05) is 0 Å². The summed E-state index contributed by atoms with van der Waals surface area (Å²) in [6.45, 7) is 1.69. The first-order chi connectivity index (χ1) is 5.99. The molecule has 0 atom stereocenters. The molecule has 0 aromatic carbocycles. The smallest absolute Gasteiger partial charge is 0.243 e. The minimum Gasteiger partial charge on any atom is -0.243 e. The van der Waals surface area contributed by atoms with Crippen LogP contribution in [0.25, 0.3) is 0 Å². The molecule has 0 fully saturated rings. The lowest BCUT2D eigenvalue weighted by atomic mass is 10.5. The quantitative estimate of drug-likeness (QED) is 0.591. The summed E-state index contributed by atoms with van der Waals surface area (Å²) in [7, 11) is -3.27. The highest BCUT2D eigenvalue weighted by atomic mass is 32.2. The minimum atomic E-state index is -3.27. The first-order valence-electron chi connectivity index (χ1n) is 3.40. The maximum atomic E-state index is 10.7. The SMILES string of the molecule is C/C(=N/NS(C)(=O)=O)c1nccs1. The summed E-state index contributed by atoms with van der Waals surface area (Å²) in [6.07, 6.45) is 2.69. The summed E-state index contributed by atoms with van der Waals surface area (Å²) in [5.41, 5.74) is 0.556. The van der Waals surface area contributed by atoms with E-state index in [0.717, 1.165) is 6.26 Å². The van der Waals surface area contributed by atoms with E-state index in [1.807, 2.05) is 4.83 Å². The predicted octanol–water partition coefficient (Wildman–Crippen LogP) is 0.416. The molecule has 1 aromatic rings. The van der Waals surface area contributed by atoms with Gasteiger partial charge in [-0.25, -0.2) is 18.2 Å². The van der Waals surface area contributed by atoms with E-state index in [1.165, 1.54) is 11.3 Å². The molecule has 13 heavy (non-hydrogen) atoms. The topological polar surface area (TPSA) is 71.4 Å². The second-order valence-electron chi connectivity index (χ2n) is 2.40. The van der Waals surface area contributed by atoms with Crippen LogP contribution < -0.4 is 4.83 Å². The first kappa shape index (κ1) is 10.1. The van der Waals surface area contributed by atoms with Crippen molar-refractivity contribution in [3.8, 4) is 0 Å². The molecule has 0 unspecified atom stereocenters. The van der Waals surface area contributed by atoms with Crippen LogP contribution in [0.2, 0.25) is 0 Å². The van der Waals surface area contributed by atoms with Crippen LogP contribution in [0.4, 0.5) is 0 Å². The molecule has 0 radical (unpaired) electrons. The van der Waals surface area contributed by atoms with E-state index in [4.69, 9.17) is 0 Å². The van der Waals surface area contributed by atoms with Crippen LogP contribution >= 0.6 is 11.3 Å². The Bertz CT molecular complexity index is 394.